The van der Waals surface area contributed by atoms with Crippen LogP contribution in [0, 0.1) is 23.3 Å². The molecule has 0 bridgehead atoms. The predicted molar refractivity (Wildman–Crippen MR) is 64.8 cm³/mol. The minimum absolute atomic E-state index is 0.00210. The van der Waals surface area contributed by atoms with Crippen LogP contribution in [0.4, 0.5) is 28.0 Å². The van der Waals surface area contributed by atoms with Crippen molar-refractivity contribution < 1.29 is 32.3 Å². The number of rotatable bonds is 4. The Bertz CT molecular complexity index is 564. The summed E-state index contributed by atoms with van der Waals surface area (Å²) in [7, 11) is 0. The van der Waals surface area contributed by atoms with E-state index in [9.17, 15) is 27.2 Å². The number of aliphatic carboxylic acids is 1. The first kappa shape index (κ1) is 16.7. The SMILES string of the molecule is CC(C)(CC(=O)O)NC(=O)Nc1c(F)c(F)cc(F)c1F. The van der Waals surface area contributed by atoms with Crippen molar-refractivity contribution in [2.75, 3.05) is 5.32 Å². The number of carbonyl (C=O) groups excluding carboxylic acids is 1. The number of nitrogens with one attached hydrogen (secondary N) is 2. The Labute approximate surface area is 117 Å². The number of carbonyl (C=O) groups is 2. The third kappa shape index (κ3) is 4.33. The van der Waals surface area contributed by atoms with Gasteiger partial charge in [0.05, 0.1) is 6.42 Å². The van der Waals surface area contributed by atoms with E-state index in [4.69, 9.17) is 5.11 Å². The Morgan fingerprint density at radius 1 is 1.14 bits per heavy atom. The van der Waals surface area contributed by atoms with E-state index in [1.54, 1.807) is 5.32 Å². The molecule has 0 aliphatic heterocycles. The van der Waals surface area contributed by atoms with Crippen molar-refractivity contribution in [3.05, 3.63) is 29.3 Å². The molecule has 0 fully saturated rings. The number of carboxylic acid groups (broad SMARTS) is 1. The third-order valence-corrected chi connectivity index (χ3v) is 2.40. The van der Waals surface area contributed by atoms with Crippen LogP contribution in [0.15, 0.2) is 6.07 Å². The van der Waals surface area contributed by atoms with E-state index in [0.717, 1.165) is 0 Å². The second kappa shape index (κ2) is 5.98. The Kier molecular flexibility index (Phi) is 4.77. The summed E-state index contributed by atoms with van der Waals surface area (Å²) in [4.78, 5) is 22.1. The van der Waals surface area contributed by atoms with E-state index in [0.29, 0.717) is 0 Å². The van der Waals surface area contributed by atoms with Crippen molar-refractivity contribution in [1.29, 1.82) is 0 Å². The minimum atomic E-state index is -1.76. The smallest absolute Gasteiger partial charge is 0.319 e. The fraction of sp³-hybridized carbons (Fsp3) is 0.333. The van der Waals surface area contributed by atoms with Gasteiger partial charge in [-0.05, 0) is 13.8 Å². The summed E-state index contributed by atoms with van der Waals surface area (Å²) < 4.78 is 52.6. The average Bonchev–Trinajstić information content (AvgIpc) is 2.29. The quantitative estimate of drug-likeness (QED) is 0.591. The Morgan fingerprint density at radius 3 is 2.05 bits per heavy atom. The van der Waals surface area contributed by atoms with Crippen molar-refractivity contribution in [2.24, 2.45) is 0 Å². The number of anilines is 1. The van der Waals surface area contributed by atoms with Crippen molar-refractivity contribution in [2.45, 2.75) is 25.8 Å². The van der Waals surface area contributed by atoms with Crippen LogP contribution in [-0.4, -0.2) is 22.6 Å². The molecule has 0 heterocycles. The summed E-state index contributed by atoms with van der Waals surface area (Å²) >= 11 is 0. The monoisotopic (exact) mass is 308 g/mol. The highest BCUT2D eigenvalue weighted by atomic mass is 19.2. The summed E-state index contributed by atoms with van der Waals surface area (Å²) in [6.45, 7) is 2.69. The maximum atomic E-state index is 13.3. The van der Waals surface area contributed by atoms with Crippen LogP contribution in [0.1, 0.15) is 20.3 Å². The van der Waals surface area contributed by atoms with Gasteiger partial charge >= 0.3 is 12.0 Å². The lowest BCUT2D eigenvalue weighted by Crippen LogP contribution is -2.47. The summed E-state index contributed by atoms with van der Waals surface area (Å²) in [5.41, 5.74) is -2.54. The Morgan fingerprint density at radius 2 is 1.62 bits per heavy atom. The van der Waals surface area contributed by atoms with Crippen molar-refractivity contribution in [1.82, 2.24) is 5.32 Å². The van der Waals surface area contributed by atoms with Crippen LogP contribution in [0.3, 0.4) is 0 Å². The fourth-order valence-electron chi connectivity index (χ4n) is 1.56. The molecule has 0 aromatic heterocycles. The van der Waals surface area contributed by atoms with Crippen LogP contribution in [-0.2, 0) is 4.79 Å². The summed E-state index contributed by atoms with van der Waals surface area (Å²) in [5.74, 6) is -8.09. The van der Waals surface area contributed by atoms with Gasteiger partial charge in [-0.25, -0.2) is 22.4 Å². The van der Waals surface area contributed by atoms with Gasteiger partial charge < -0.3 is 15.7 Å². The van der Waals surface area contributed by atoms with Gasteiger partial charge in [0, 0.05) is 11.6 Å². The highest BCUT2D eigenvalue weighted by Crippen LogP contribution is 2.24. The highest BCUT2D eigenvalue weighted by Gasteiger charge is 2.26. The molecule has 116 valence electrons. The second-order valence-electron chi connectivity index (χ2n) is 4.88. The minimum Gasteiger partial charge on any atom is -0.481 e. The van der Waals surface area contributed by atoms with Crippen molar-refractivity contribution >= 4 is 17.7 Å². The Hall–Kier alpha value is -2.32. The first-order valence-electron chi connectivity index (χ1n) is 5.67. The molecule has 0 aliphatic rings. The number of amides is 2. The first-order valence-corrected chi connectivity index (χ1v) is 5.67. The summed E-state index contributed by atoms with van der Waals surface area (Å²) in [6, 6.07) is -1.20. The van der Waals surface area contributed by atoms with Gasteiger partial charge in [-0.15, -0.1) is 0 Å². The first-order chi connectivity index (χ1) is 9.53. The van der Waals surface area contributed by atoms with Crippen LogP contribution >= 0.6 is 0 Å². The third-order valence-electron chi connectivity index (χ3n) is 2.40. The molecular formula is C12H12F4N2O3. The van der Waals surface area contributed by atoms with Crippen molar-refractivity contribution in [3.63, 3.8) is 0 Å². The van der Waals surface area contributed by atoms with Gasteiger partial charge in [0.1, 0.15) is 5.69 Å². The molecule has 0 aliphatic carbocycles. The number of carboxylic acids is 1. The van der Waals surface area contributed by atoms with E-state index in [1.165, 1.54) is 13.8 Å². The molecular weight excluding hydrogens is 296 g/mol. The van der Waals surface area contributed by atoms with Gasteiger partial charge in [-0.1, -0.05) is 0 Å². The maximum absolute atomic E-state index is 13.3. The lowest BCUT2D eigenvalue weighted by Gasteiger charge is -2.24. The maximum Gasteiger partial charge on any atom is 0.319 e. The molecule has 1 aromatic carbocycles. The van der Waals surface area contributed by atoms with Crippen LogP contribution in [0.2, 0.25) is 0 Å². The molecule has 0 saturated heterocycles. The van der Waals surface area contributed by atoms with Crippen LogP contribution < -0.4 is 10.6 Å². The van der Waals surface area contributed by atoms with E-state index in [-0.39, 0.29) is 6.07 Å². The van der Waals surface area contributed by atoms with Gasteiger partial charge in [0.15, 0.2) is 23.3 Å². The van der Waals surface area contributed by atoms with Crippen LogP contribution in [0.5, 0.6) is 0 Å². The van der Waals surface area contributed by atoms with E-state index in [2.05, 4.69) is 5.32 Å². The zero-order valence-corrected chi connectivity index (χ0v) is 11.1. The van der Waals surface area contributed by atoms with Crippen molar-refractivity contribution in [3.8, 4) is 0 Å². The van der Waals surface area contributed by atoms with Gasteiger partial charge in [-0.3, -0.25) is 4.79 Å². The van der Waals surface area contributed by atoms with E-state index in [1.807, 2.05) is 0 Å². The topological polar surface area (TPSA) is 78.4 Å². The molecule has 1 aromatic rings. The van der Waals surface area contributed by atoms with Gasteiger partial charge in [0.2, 0.25) is 0 Å². The van der Waals surface area contributed by atoms with Gasteiger partial charge in [-0.2, -0.15) is 0 Å². The number of hydrogen-bond donors (Lipinski definition) is 3. The number of benzene rings is 1. The van der Waals surface area contributed by atoms with E-state index >= 15 is 0 Å². The summed E-state index contributed by atoms with van der Waals surface area (Å²) in [6.07, 6.45) is -0.469. The van der Waals surface area contributed by atoms with Crippen LogP contribution in [0.25, 0.3) is 0 Å². The molecule has 1 rings (SSSR count). The number of urea groups is 1. The Balaban J connectivity index is 2.92. The normalized spacial score (nSPS) is 11.1. The number of halogens is 4. The predicted octanol–water partition coefficient (Wildman–Crippen LogP) is 2.62. The average molecular weight is 308 g/mol. The molecule has 0 atom stereocenters. The molecule has 5 nitrogen and oxygen atoms in total. The fourth-order valence-corrected chi connectivity index (χ4v) is 1.56. The van der Waals surface area contributed by atoms with E-state index < -0.39 is 52.9 Å². The molecule has 9 heteroatoms. The lowest BCUT2D eigenvalue weighted by molar-refractivity contribution is -0.138. The molecule has 3 N–H and O–H groups in total. The highest BCUT2D eigenvalue weighted by molar-refractivity contribution is 5.90. The van der Waals surface area contributed by atoms with Gasteiger partial charge in [0.25, 0.3) is 0 Å². The molecule has 0 saturated carbocycles. The largest absolute Gasteiger partial charge is 0.481 e. The standard InChI is InChI=1S/C12H12F4N2O3/c1-12(2,4-7(19)20)18-11(21)17-10-8(15)5(13)3-6(14)9(10)16/h3H,4H2,1-2H3,(H,19,20)(H2,17,18,21). The summed E-state index contributed by atoms with van der Waals surface area (Å²) in [5, 5.41) is 12.4. The molecule has 0 radical (unpaired) electrons. The lowest BCUT2D eigenvalue weighted by atomic mass is 10.0. The number of hydrogen-bond acceptors (Lipinski definition) is 2. The second-order valence-corrected chi connectivity index (χ2v) is 4.88. The molecule has 2 amide bonds. The molecule has 0 unspecified atom stereocenters. The zero-order valence-electron chi connectivity index (χ0n) is 11.1. The zero-order chi connectivity index (χ0) is 16.4. The molecule has 21 heavy (non-hydrogen) atoms. The molecule has 0 spiro atoms.